The molecule has 8 heteroatoms. The molecule has 0 unspecified atom stereocenters. The van der Waals surface area contributed by atoms with Crippen molar-refractivity contribution < 1.29 is 22.9 Å². The van der Waals surface area contributed by atoms with E-state index in [0.717, 1.165) is 19.4 Å². The Morgan fingerprint density at radius 3 is 2.15 bits per heavy atom. The Morgan fingerprint density at radius 1 is 1.54 bits per heavy atom. The number of carbonyl (C=O) groups is 1. The van der Waals surface area contributed by atoms with E-state index in [9.17, 15) is 4.79 Å². The molecule has 13 heavy (non-hydrogen) atoms. The predicted octanol–water partition coefficient (Wildman–Crippen LogP) is -1.43. The number of hydrogen-bond acceptors (Lipinski definition) is 4. The monoisotopic (exact) mass is 212 g/mol. The molecule has 0 bridgehead atoms. The first-order valence-electron chi connectivity index (χ1n) is 3.52. The molecule has 0 aliphatic carbocycles. The van der Waals surface area contributed by atoms with Crippen molar-refractivity contribution in [1.82, 2.24) is 5.32 Å². The van der Waals surface area contributed by atoms with Gasteiger partial charge >= 0.3 is 16.3 Å². The van der Waals surface area contributed by atoms with E-state index in [1.165, 1.54) is 0 Å². The van der Waals surface area contributed by atoms with Gasteiger partial charge in [0.25, 0.3) is 0 Å². The summed E-state index contributed by atoms with van der Waals surface area (Å²) in [6, 6.07) is -0.269. The molecule has 1 aliphatic heterocycles. The molecule has 1 atom stereocenters. The molecule has 0 aromatic rings. The number of nitrogens with two attached hydrogens (primary N) is 1. The lowest BCUT2D eigenvalue weighted by Gasteiger charge is -1.99. The number of nitrogens with one attached hydrogen (secondary N) is 1. The highest BCUT2D eigenvalue weighted by molar-refractivity contribution is 7.83. The van der Waals surface area contributed by atoms with Gasteiger partial charge < -0.3 is 10.4 Å². The number of aliphatic carboxylic acids is 1. The van der Waals surface area contributed by atoms with Gasteiger partial charge in [-0.25, -0.2) is 5.14 Å². The summed E-state index contributed by atoms with van der Waals surface area (Å²) in [5.74, 6) is -0.720. The summed E-state index contributed by atoms with van der Waals surface area (Å²) in [5, 5.41) is 15.1. The van der Waals surface area contributed by atoms with Gasteiger partial charge in [0.2, 0.25) is 0 Å². The molecule has 7 nitrogen and oxygen atoms in total. The molecule has 0 radical (unpaired) electrons. The zero-order valence-electron chi connectivity index (χ0n) is 6.80. The van der Waals surface area contributed by atoms with E-state index in [2.05, 4.69) is 10.5 Å². The van der Waals surface area contributed by atoms with Crippen molar-refractivity contribution in [3.8, 4) is 0 Å². The number of carboxylic acid groups (broad SMARTS) is 1. The first-order valence-corrected chi connectivity index (χ1v) is 5.02. The van der Waals surface area contributed by atoms with Crippen molar-refractivity contribution in [2.24, 2.45) is 5.14 Å². The fourth-order valence-electron chi connectivity index (χ4n) is 0.895. The van der Waals surface area contributed by atoms with Crippen LogP contribution in [0.25, 0.3) is 0 Å². The van der Waals surface area contributed by atoms with Crippen LogP contribution < -0.4 is 10.5 Å². The normalized spacial score (nSPS) is 21.8. The van der Waals surface area contributed by atoms with Crippen molar-refractivity contribution in [2.45, 2.75) is 18.9 Å². The van der Waals surface area contributed by atoms with E-state index in [0.29, 0.717) is 0 Å². The fourth-order valence-corrected chi connectivity index (χ4v) is 0.895. The first-order chi connectivity index (χ1) is 5.80. The molecule has 0 spiro atoms. The summed E-state index contributed by atoms with van der Waals surface area (Å²) in [4.78, 5) is 10.1. The molecule has 1 saturated heterocycles. The smallest absolute Gasteiger partial charge is 0.330 e. The van der Waals surface area contributed by atoms with Crippen LogP contribution in [0.15, 0.2) is 0 Å². The minimum atomic E-state index is -4.17. The summed E-state index contributed by atoms with van der Waals surface area (Å²) < 4.78 is 25.2. The second kappa shape index (κ2) is 5.12. The maximum atomic E-state index is 10.1. The van der Waals surface area contributed by atoms with E-state index in [1.54, 1.807) is 0 Å². The maximum absolute atomic E-state index is 10.1. The average Bonchev–Trinajstić information content (AvgIpc) is 2.31. The minimum absolute atomic E-state index is 0.269. The number of hydrogen-bond donors (Lipinski definition) is 4. The number of rotatable bonds is 1. The molecule has 1 aliphatic rings. The molecule has 0 saturated carbocycles. The molecular weight excluding hydrogens is 200 g/mol. The second-order valence-electron chi connectivity index (χ2n) is 2.50. The molecule has 0 amide bonds. The molecule has 5 N–H and O–H groups in total. The van der Waals surface area contributed by atoms with Gasteiger partial charge in [0.15, 0.2) is 0 Å². The van der Waals surface area contributed by atoms with Crippen molar-refractivity contribution in [2.75, 3.05) is 6.54 Å². The Hall–Kier alpha value is -0.700. The van der Waals surface area contributed by atoms with Gasteiger partial charge in [-0.3, -0.25) is 9.35 Å². The highest BCUT2D eigenvalue weighted by Gasteiger charge is 2.20. The van der Waals surface area contributed by atoms with Crippen LogP contribution >= 0.6 is 0 Å². The van der Waals surface area contributed by atoms with E-state index < -0.39 is 16.3 Å². The summed E-state index contributed by atoms with van der Waals surface area (Å²) in [5.41, 5.74) is 0. The second-order valence-corrected chi connectivity index (χ2v) is 3.53. The number of carboxylic acids is 1. The maximum Gasteiger partial charge on any atom is 0.330 e. The van der Waals surface area contributed by atoms with Crippen LogP contribution in [0.1, 0.15) is 12.8 Å². The van der Waals surface area contributed by atoms with E-state index in [-0.39, 0.29) is 6.04 Å². The van der Waals surface area contributed by atoms with E-state index >= 15 is 0 Å². The lowest BCUT2D eigenvalue weighted by molar-refractivity contribution is -0.139. The summed E-state index contributed by atoms with van der Waals surface area (Å²) >= 11 is 0. The molecule has 1 heterocycles. The van der Waals surface area contributed by atoms with Crippen LogP contribution in [0.5, 0.6) is 0 Å². The zero-order valence-corrected chi connectivity index (χ0v) is 7.62. The summed E-state index contributed by atoms with van der Waals surface area (Å²) in [6.45, 7) is 0.858. The minimum Gasteiger partial charge on any atom is -0.480 e. The molecule has 1 rings (SSSR count). The topological polar surface area (TPSA) is 130 Å². The average molecular weight is 212 g/mol. The Labute approximate surface area is 75.8 Å². The highest BCUT2D eigenvalue weighted by atomic mass is 32.2. The van der Waals surface area contributed by atoms with Crippen molar-refractivity contribution in [3.63, 3.8) is 0 Å². The van der Waals surface area contributed by atoms with Gasteiger partial charge in [0.05, 0.1) is 0 Å². The Kier molecular flexibility index (Phi) is 4.85. The van der Waals surface area contributed by atoms with Crippen LogP contribution in [0.3, 0.4) is 0 Å². The Balaban J connectivity index is 0.000000252. The lowest BCUT2D eigenvalue weighted by atomic mass is 10.2. The quantitative estimate of drug-likeness (QED) is 0.394. The SMILES string of the molecule is NS(=O)(=O)O.O=C(O)[C@@H]1CCCN1. The first kappa shape index (κ1) is 12.3. The van der Waals surface area contributed by atoms with Crippen molar-refractivity contribution >= 4 is 16.3 Å². The third kappa shape index (κ3) is 9.21. The molecule has 1 fully saturated rings. The van der Waals surface area contributed by atoms with Gasteiger partial charge in [-0.15, -0.1) is 0 Å². The van der Waals surface area contributed by atoms with Gasteiger partial charge in [0.1, 0.15) is 6.04 Å². The van der Waals surface area contributed by atoms with E-state index in [1.807, 2.05) is 0 Å². The molecule has 0 aromatic heterocycles. The highest BCUT2D eigenvalue weighted by Crippen LogP contribution is 2.03. The predicted molar refractivity (Wildman–Crippen MR) is 44.4 cm³/mol. The van der Waals surface area contributed by atoms with Crippen molar-refractivity contribution in [1.29, 1.82) is 0 Å². The standard InChI is InChI=1S/C5H9NO2.H3NO3S/c7-5(8)4-2-1-3-6-4;1-5(2,3)4/h4,6H,1-3H2,(H,7,8);(H3,1,2,3,4)/t4-;/m0./s1. The summed E-state index contributed by atoms with van der Waals surface area (Å²) in [7, 11) is -4.17. The largest absolute Gasteiger partial charge is 0.480 e. The van der Waals surface area contributed by atoms with Gasteiger partial charge in [-0.1, -0.05) is 0 Å². The van der Waals surface area contributed by atoms with E-state index in [4.69, 9.17) is 18.1 Å². The molecular formula is C5H12N2O5S. The van der Waals surface area contributed by atoms with Gasteiger partial charge in [-0.2, -0.15) is 8.42 Å². The van der Waals surface area contributed by atoms with Crippen LogP contribution in [0.4, 0.5) is 0 Å². The third-order valence-corrected chi connectivity index (χ3v) is 1.36. The van der Waals surface area contributed by atoms with Crippen molar-refractivity contribution in [3.05, 3.63) is 0 Å². The van der Waals surface area contributed by atoms with Crippen LogP contribution in [0.2, 0.25) is 0 Å². The molecule has 78 valence electrons. The van der Waals surface area contributed by atoms with Gasteiger partial charge in [-0.05, 0) is 19.4 Å². The van der Waals surface area contributed by atoms with Crippen LogP contribution in [-0.4, -0.2) is 36.6 Å². The fraction of sp³-hybridized carbons (Fsp3) is 0.800. The lowest BCUT2D eigenvalue weighted by Crippen LogP contribution is -2.29. The Bertz CT molecular complexity index is 248. The molecule has 0 aromatic carbocycles. The van der Waals surface area contributed by atoms with Gasteiger partial charge in [0, 0.05) is 0 Å². The van der Waals surface area contributed by atoms with Crippen LogP contribution in [0, 0.1) is 0 Å². The zero-order chi connectivity index (χ0) is 10.5. The Morgan fingerprint density at radius 2 is 2.00 bits per heavy atom. The van der Waals surface area contributed by atoms with Crippen LogP contribution in [-0.2, 0) is 15.1 Å². The summed E-state index contributed by atoms with van der Waals surface area (Å²) in [6.07, 6.45) is 1.78. The third-order valence-electron chi connectivity index (χ3n) is 1.36.